The van der Waals surface area contributed by atoms with E-state index in [1.807, 2.05) is 25.7 Å². The van der Waals surface area contributed by atoms with Gasteiger partial charge in [0.25, 0.3) is 0 Å². The molecule has 0 bridgehead atoms. The Labute approximate surface area is 116 Å². The van der Waals surface area contributed by atoms with Crippen molar-refractivity contribution in [3.05, 3.63) is 0 Å². The Morgan fingerprint density at radius 1 is 1.42 bits per heavy atom. The SMILES string of the molecule is CC(C)(C)OC(=O)N1CCCC1C1(CO)CC1(C)C. The van der Waals surface area contributed by atoms with E-state index >= 15 is 0 Å². The van der Waals surface area contributed by atoms with Gasteiger partial charge in [-0.1, -0.05) is 13.8 Å². The molecule has 2 atom stereocenters. The van der Waals surface area contributed by atoms with Crippen molar-refractivity contribution < 1.29 is 14.6 Å². The second kappa shape index (κ2) is 4.37. The van der Waals surface area contributed by atoms with E-state index in [-0.39, 0.29) is 29.6 Å². The molecule has 19 heavy (non-hydrogen) atoms. The first-order chi connectivity index (χ1) is 8.63. The number of aliphatic hydroxyl groups is 1. The number of rotatable bonds is 2. The van der Waals surface area contributed by atoms with Gasteiger partial charge in [-0.15, -0.1) is 0 Å². The van der Waals surface area contributed by atoms with Gasteiger partial charge < -0.3 is 14.7 Å². The highest BCUT2D eigenvalue weighted by Gasteiger charge is 2.67. The third kappa shape index (κ3) is 2.47. The van der Waals surface area contributed by atoms with E-state index in [2.05, 4.69) is 13.8 Å². The number of hydrogen-bond donors (Lipinski definition) is 1. The molecule has 0 radical (unpaired) electrons. The van der Waals surface area contributed by atoms with Gasteiger partial charge in [0.2, 0.25) is 0 Å². The van der Waals surface area contributed by atoms with Crippen LogP contribution in [0.5, 0.6) is 0 Å². The minimum atomic E-state index is -0.463. The molecule has 1 amide bonds. The first-order valence-corrected chi connectivity index (χ1v) is 7.23. The Hall–Kier alpha value is -0.770. The summed E-state index contributed by atoms with van der Waals surface area (Å²) in [6, 6.07) is 0.127. The molecule has 4 heteroatoms. The van der Waals surface area contributed by atoms with E-state index in [4.69, 9.17) is 4.74 Å². The topological polar surface area (TPSA) is 49.8 Å². The molecule has 0 spiro atoms. The van der Waals surface area contributed by atoms with E-state index in [9.17, 15) is 9.90 Å². The number of carbonyl (C=O) groups is 1. The number of amides is 1. The number of ether oxygens (including phenoxy) is 1. The van der Waals surface area contributed by atoms with E-state index in [1.54, 1.807) is 0 Å². The number of hydrogen-bond acceptors (Lipinski definition) is 3. The average molecular weight is 269 g/mol. The van der Waals surface area contributed by atoms with Crippen molar-refractivity contribution >= 4 is 6.09 Å². The average Bonchev–Trinajstić information content (AvgIpc) is 2.64. The van der Waals surface area contributed by atoms with Gasteiger partial charge in [-0.2, -0.15) is 0 Å². The molecule has 110 valence electrons. The van der Waals surface area contributed by atoms with Crippen molar-refractivity contribution in [2.75, 3.05) is 13.2 Å². The van der Waals surface area contributed by atoms with Crippen molar-refractivity contribution in [1.29, 1.82) is 0 Å². The number of nitrogens with zero attached hydrogens (tertiary/aromatic N) is 1. The highest BCUT2D eigenvalue weighted by molar-refractivity contribution is 5.69. The Morgan fingerprint density at radius 2 is 2.00 bits per heavy atom. The van der Waals surface area contributed by atoms with Crippen LogP contribution in [0.2, 0.25) is 0 Å². The summed E-state index contributed by atoms with van der Waals surface area (Å²) < 4.78 is 5.49. The van der Waals surface area contributed by atoms with Crippen LogP contribution in [0.3, 0.4) is 0 Å². The number of carbonyl (C=O) groups excluding carboxylic acids is 1. The van der Waals surface area contributed by atoms with Crippen LogP contribution < -0.4 is 0 Å². The Kier molecular flexibility index (Phi) is 3.37. The lowest BCUT2D eigenvalue weighted by Gasteiger charge is -2.34. The molecule has 1 N–H and O–H groups in total. The third-order valence-corrected chi connectivity index (χ3v) is 4.78. The lowest BCUT2D eigenvalue weighted by atomic mass is 9.87. The highest BCUT2D eigenvalue weighted by atomic mass is 16.6. The molecule has 1 heterocycles. The fourth-order valence-corrected chi connectivity index (χ4v) is 3.57. The minimum absolute atomic E-state index is 0.122. The van der Waals surface area contributed by atoms with Crippen LogP contribution in [0.15, 0.2) is 0 Å². The molecule has 1 aliphatic carbocycles. The first-order valence-electron chi connectivity index (χ1n) is 7.23. The first kappa shape index (κ1) is 14.6. The molecule has 1 saturated heterocycles. The van der Waals surface area contributed by atoms with Crippen molar-refractivity contribution in [1.82, 2.24) is 4.90 Å². The van der Waals surface area contributed by atoms with Gasteiger partial charge in [0, 0.05) is 18.0 Å². The molecule has 4 nitrogen and oxygen atoms in total. The summed E-state index contributed by atoms with van der Waals surface area (Å²) in [5, 5.41) is 9.81. The summed E-state index contributed by atoms with van der Waals surface area (Å²) in [4.78, 5) is 14.1. The smallest absolute Gasteiger partial charge is 0.410 e. The van der Waals surface area contributed by atoms with Gasteiger partial charge in [0.05, 0.1) is 6.61 Å². The maximum atomic E-state index is 12.3. The molecular weight excluding hydrogens is 242 g/mol. The lowest BCUT2D eigenvalue weighted by molar-refractivity contribution is 0.00763. The van der Waals surface area contributed by atoms with Gasteiger partial charge in [-0.25, -0.2) is 4.79 Å². The van der Waals surface area contributed by atoms with E-state index in [1.165, 1.54) is 0 Å². The Balaban J connectivity index is 2.12. The molecule has 1 saturated carbocycles. The summed E-state index contributed by atoms with van der Waals surface area (Å²) in [6.07, 6.45) is 2.73. The summed E-state index contributed by atoms with van der Waals surface area (Å²) in [7, 11) is 0. The predicted octanol–water partition coefficient (Wildman–Crippen LogP) is 2.79. The van der Waals surface area contributed by atoms with E-state index in [0.717, 1.165) is 25.8 Å². The normalized spacial score (nSPS) is 33.4. The zero-order chi connectivity index (χ0) is 14.5. The second-order valence-electron chi connectivity index (χ2n) is 7.71. The zero-order valence-electron chi connectivity index (χ0n) is 12.8. The largest absolute Gasteiger partial charge is 0.444 e. The van der Waals surface area contributed by atoms with Crippen molar-refractivity contribution in [3.8, 4) is 0 Å². The summed E-state index contributed by atoms with van der Waals surface area (Å²) in [5.74, 6) is 0. The Bertz CT molecular complexity index is 372. The van der Waals surface area contributed by atoms with Crippen LogP contribution >= 0.6 is 0 Å². The van der Waals surface area contributed by atoms with Crippen molar-refractivity contribution in [2.24, 2.45) is 10.8 Å². The molecule has 0 aromatic rings. The zero-order valence-corrected chi connectivity index (χ0v) is 12.8. The standard InChI is InChI=1S/C15H27NO3/c1-13(2,3)19-12(18)16-8-6-7-11(16)15(10-17)9-14(15,4)5/h11,17H,6-10H2,1-5H3. The van der Waals surface area contributed by atoms with Gasteiger partial charge in [-0.05, 0) is 45.4 Å². The Morgan fingerprint density at radius 3 is 2.42 bits per heavy atom. The molecule has 2 rings (SSSR count). The van der Waals surface area contributed by atoms with Crippen LogP contribution in [0, 0.1) is 10.8 Å². The van der Waals surface area contributed by atoms with Crippen LogP contribution in [0.25, 0.3) is 0 Å². The lowest BCUT2D eigenvalue weighted by Crippen LogP contribution is -2.46. The van der Waals surface area contributed by atoms with Crippen LogP contribution in [-0.4, -0.2) is 40.9 Å². The van der Waals surface area contributed by atoms with Crippen LogP contribution in [-0.2, 0) is 4.74 Å². The maximum Gasteiger partial charge on any atom is 0.410 e. The highest BCUT2D eigenvalue weighted by Crippen LogP contribution is 2.67. The molecule has 2 aliphatic rings. The molecular formula is C15H27NO3. The van der Waals surface area contributed by atoms with Crippen LogP contribution in [0.4, 0.5) is 4.79 Å². The molecule has 0 aromatic carbocycles. The number of aliphatic hydroxyl groups excluding tert-OH is 1. The molecule has 0 aromatic heterocycles. The fraction of sp³-hybridized carbons (Fsp3) is 0.933. The quantitative estimate of drug-likeness (QED) is 0.838. The van der Waals surface area contributed by atoms with Crippen molar-refractivity contribution in [3.63, 3.8) is 0 Å². The predicted molar refractivity (Wildman–Crippen MR) is 73.9 cm³/mol. The summed E-state index contributed by atoms with van der Waals surface area (Å²) >= 11 is 0. The van der Waals surface area contributed by atoms with Gasteiger partial charge in [0.1, 0.15) is 5.60 Å². The van der Waals surface area contributed by atoms with Gasteiger partial charge >= 0.3 is 6.09 Å². The summed E-state index contributed by atoms with van der Waals surface area (Å²) in [6.45, 7) is 10.9. The fourth-order valence-electron chi connectivity index (χ4n) is 3.57. The minimum Gasteiger partial charge on any atom is -0.444 e. The number of likely N-dealkylation sites (tertiary alicyclic amines) is 1. The van der Waals surface area contributed by atoms with Gasteiger partial charge in [0.15, 0.2) is 0 Å². The summed E-state index contributed by atoms with van der Waals surface area (Å²) in [5.41, 5.74) is -0.465. The molecule has 1 aliphatic heterocycles. The monoisotopic (exact) mass is 269 g/mol. The molecule has 2 fully saturated rings. The van der Waals surface area contributed by atoms with Gasteiger partial charge in [-0.3, -0.25) is 0 Å². The third-order valence-electron chi connectivity index (χ3n) is 4.78. The van der Waals surface area contributed by atoms with E-state index in [0.29, 0.717) is 0 Å². The van der Waals surface area contributed by atoms with E-state index < -0.39 is 5.60 Å². The molecule has 2 unspecified atom stereocenters. The second-order valence-corrected chi connectivity index (χ2v) is 7.71. The van der Waals surface area contributed by atoms with Crippen molar-refractivity contribution in [2.45, 2.75) is 65.5 Å². The maximum absolute atomic E-state index is 12.3. The van der Waals surface area contributed by atoms with Crippen LogP contribution in [0.1, 0.15) is 53.9 Å².